The van der Waals surface area contributed by atoms with Crippen molar-refractivity contribution in [2.75, 3.05) is 0 Å². The summed E-state index contributed by atoms with van der Waals surface area (Å²) in [5.41, 5.74) is 0. The third-order valence-corrected chi connectivity index (χ3v) is 3.87. The lowest BCUT2D eigenvalue weighted by Crippen LogP contribution is -2.57. The molecule has 7 heteroatoms. The Bertz CT molecular complexity index is 407. The highest BCUT2D eigenvalue weighted by atomic mass is 16.7. The monoisotopic (exact) mass is 331 g/mol. The van der Waals surface area contributed by atoms with Crippen molar-refractivity contribution in [3.05, 3.63) is 0 Å². The summed E-state index contributed by atoms with van der Waals surface area (Å²) in [5.74, 6) is -0.775. The fraction of sp³-hybridized carbons (Fsp3) is 0.812. The van der Waals surface area contributed by atoms with Crippen molar-refractivity contribution >= 4 is 17.8 Å². The second-order valence-electron chi connectivity index (χ2n) is 5.90. The maximum absolute atomic E-state index is 11.8. The van der Waals surface area contributed by atoms with E-state index in [0.717, 1.165) is 13.3 Å². The highest BCUT2D eigenvalue weighted by molar-refractivity contribution is 5.76. The number of hydrogen-bond donors (Lipinski definition) is 2. The number of carboxylic acid groups (broad SMARTS) is 1. The molecule has 0 aliphatic carbocycles. The van der Waals surface area contributed by atoms with Gasteiger partial charge >= 0.3 is 5.97 Å². The van der Waals surface area contributed by atoms with E-state index in [1.807, 2.05) is 13.8 Å². The third kappa shape index (κ3) is 7.97. The third-order valence-electron chi connectivity index (χ3n) is 3.87. The summed E-state index contributed by atoms with van der Waals surface area (Å²) in [6.07, 6.45) is 0.566. The second kappa shape index (κ2) is 10.2. The van der Waals surface area contributed by atoms with E-state index in [9.17, 15) is 9.59 Å². The quantitative estimate of drug-likeness (QED) is 0.763. The number of aliphatic carboxylic acids is 1. The number of carbonyl (C=O) groups excluding carboxylic acids is 2. The summed E-state index contributed by atoms with van der Waals surface area (Å²) < 4.78 is 10.9. The number of ether oxygens (including phenoxy) is 2. The molecule has 1 rings (SSSR count). The zero-order valence-electron chi connectivity index (χ0n) is 14.8. The van der Waals surface area contributed by atoms with Gasteiger partial charge in [-0.3, -0.25) is 14.4 Å². The SMILES string of the molecule is CC(=O)O.CCCC(=O)NC1C(OC(C)=O)OC(C)[C@@H](C)[C@@H]1C. The topological polar surface area (TPSA) is 102 Å². The van der Waals surface area contributed by atoms with Crippen molar-refractivity contribution in [3.63, 3.8) is 0 Å². The minimum absolute atomic E-state index is 0.00122. The Morgan fingerprint density at radius 3 is 2.09 bits per heavy atom. The first-order valence-corrected chi connectivity index (χ1v) is 7.91. The maximum Gasteiger partial charge on any atom is 0.305 e. The van der Waals surface area contributed by atoms with Crippen LogP contribution in [0.5, 0.6) is 0 Å². The molecule has 1 saturated heterocycles. The van der Waals surface area contributed by atoms with E-state index in [4.69, 9.17) is 19.4 Å². The average molecular weight is 331 g/mol. The van der Waals surface area contributed by atoms with Crippen molar-refractivity contribution in [2.24, 2.45) is 11.8 Å². The Morgan fingerprint density at radius 1 is 1.13 bits per heavy atom. The predicted molar refractivity (Wildman–Crippen MR) is 84.6 cm³/mol. The first-order chi connectivity index (χ1) is 10.6. The zero-order chi connectivity index (χ0) is 18.2. The fourth-order valence-electron chi connectivity index (χ4n) is 2.37. The van der Waals surface area contributed by atoms with E-state index < -0.39 is 18.2 Å². The van der Waals surface area contributed by atoms with Crippen molar-refractivity contribution in [1.29, 1.82) is 0 Å². The molecule has 0 radical (unpaired) electrons. The van der Waals surface area contributed by atoms with Gasteiger partial charge in [-0.15, -0.1) is 0 Å². The van der Waals surface area contributed by atoms with Gasteiger partial charge in [0, 0.05) is 20.3 Å². The predicted octanol–water partition coefficient (Wildman–Crippen LogP) is 1.94. The molecule has 2 N–H and O–H groups in total. The molecule has 1 aliphatic rings. The summed E-state index contributed by atoms with van der Waals surface area (Å²) in [4.78, 5) is 31.9. The minimum Gasteiger partial charge on any atom is -0.481 e. The number of esters is 1. The van der Waals surface area contributed by atoms with Crippen molar-refractivity contribution < 1.29 is 29.0 Å². The summed E-state index contributed by atoms with van der Waals surface area (Å²) in [6.45, 7) is 10.5. The van der Waals surface area contributed by atoms with Gasteiger partial charge in [-0.05, 0) is 25.2 Å². The van der Waals surface area contributed by atoms with Crippen LogP contribution in [0.3, 0.4) is 0 Å². The summed E-state index contributed by atoms with van der Waals surface area (Å²) in [7, 11) is 0. The molecule has 7 nitrogen and oxygen atoms in total. The Kier molecular flexibility index (Phi) is 9.48. The minimum atomic E-state index is -0.833. The molecule has 0 aromatic heterocycles. The van der Waals surface area contributed by atoms with E-state index in [-0.39, 0.29) is 24.0 Å². The lowest BCUT2D eigenvalue weighted by Gasteiger charge is -2.43. The largest absolute Gasteiger partial charge is 0.481 e. The van der Waals surface area contributed by atoms with Crippen molar-refractivity contribution in [2.45, 2.75) is 72.8 Å². The van der Waals surface area contributed by atoms with Crippen molar-refractivity contribution in [3.8, 4) is 0 Å². The van der Waals surface area contributed by atoms with E-state index in [1.165, 1.54) is 6.92 Å². The molecule has 0 spiro atoms. The highest BCUT2D eigenvalue weighted by Crippen LogP contribution is 2.31. The smallest absolute Gasteiger partial charge is 0.305 e. The summed E-state index contributed by atoms with van der Waals surface area (Å²) >= 11 is 0. The molecule has 1 fully saturated rings. The lowest BCUT2D eigenvalue weighted by molar-refractivity contribution is -0.227. The number of nitrogens with one attached hydrogen (secondary N) is 1. The summed E-state index contributed by atoms with van der Waals surface area (Å²) in [5, 5.41) is 10.4. The number of carbonyl (C=O) groups is 3. The first-order valence-electron chi connectivity index (χ1n) is 7.91. The average Bonchev–Trinajstić information content (AvgIpc) is 2.40. The van der Waals surface area contributed by atoms with Gasteiger partial charge in [0.25, 0.3) is 5.97 Å². The van der Waals surface area contributed by atoms with Crippen LogP contribution in [0.1, 0.15) is 54.4 Å². The Labute approximate surface area is 137 Å². The molecule has 5 atom stereocenters. The van der Waals surface area contributed by atoms with Gasteiger partial charge in [-0.25, -0.2) is 0 Å². The Balaban J connectivity index is 0.00000108. The van der Waals surface area contributed by atoms with Crippen LogP contribution in [0.25, 0.3) is 0 Å². The van der Waals surface area contributed by atoms with E-state index in [1.54, 1.807) is 0 Å². The maximum atomic E-state index is 11.8. The van der Waals surface area contributed by atoms with E-state index >= 15 is 0 Å². The lowest BCUT2D eigenvalue weighted by atomic mass is 9.82. The van der Waals surface area contributed by atoms with Crippen LogP contribution in [0.15, 0.2) is 0 Å². The number of rotatable bonds is 4. The zero-order valence-corrected chi connectivity index (χ0v) is 14.8. The van der Waals surface area contributed by atoms with Crippen LogP contribution >= 0.6 is 0 Å². The molecule has 23 heavy (non-hydrogen) atoms. The fourth-order valence-corrected chi connectivity index (χ4v) is 2.37. The van der Waals surface area contributed by atoms with Gasteiger partial charge < -0.3 is 19.9 Å². The number of amides is 1. The van der Waals surface area contributed by atoms with Gasteiger partial charge in [0.15, 0.2) is 0 Å². The van der Waals surface area contributed by atoms with Crippen LogP contribution in [-0.2, 0) is 23.9 Å². The van der Waals surface area contributed by atoms with Crippen molar-refractivity contribution in [1.82, 2.24) is 5.32 Å². The molecular formula is C16H29NO6. The summed E-state index contributed by atoms with van der Waals surface area (Å²) in [6, 6.07) is -0.283. The normalized spacial score (nSPS) is 29.7. The molecule has 0 aromatic rings. The Hall–Kier alpha value is -1.63. The first kappa shape index (κ1) is 21.4. The van der Waals surface area contributed by atoms with Gasteiger partial charge in [-0.1, -0.05) is 20.8 Å². The standard InChI is InChI=1S/C14H25NO4.C2H4O2/c1-6-7-12(17)15-13-9(3)8(2)10(4)18-14(13)19-11(5)16;1-2(3)4/h8-10,13-14H,6-7H2,1-5H3,(H,15,17);1H3,(H,3,4)/t8-,9-,10?,13?,14?;/m0./s1. The Morgan fingerprint density at radius 2 is 1.65 bits per heavy atom. The van der Waals surface area contributed by atoms with Crippen LogP contribution < -0.4 is 5.32 Å². The molecule has 1 heterocycles. The number of hydrogen-bond acceptors (Lipinski definition) is 5. The molecule has 1 aliphatic heterocycles. The molecule has 1 amide bonds. The molecule has 0 aromatic carbocycles. The van der Waals surface area contributed by atoms with E-state index in [2.05, 4.69) is 19.2 Å². The highest BCUT2D eigenvalue weighted by Gasteiger charge is 2.42. The van der Waals surface area contributed by atoms with Crippen LogP contribution in [0, 0.1) is 11.8 Å². The van der Waals surface area contributed by atoms with Gasteiger partial charge in [-0.2, -0.15) is 0 Å². The number of carboxylic acids is 1. The molecule has 0 bridgehead atoms. The molecular weight excluding hydrogens is 302 g/mol. The second-order valence-corrected chi connectivity index (χ2v) is 5.90. The van der Waals surface area contributed by atoms with E-state index in [0.29, 0.717) is 12.3 Å². The van der Waals surface area contributed by atoms with Gasteiger partial charge in [0.2, 0.25) is 12.2 Å². The van der Waals surface area contributed by atoms with Crippen LogP contribution in [-0.4, -0.2) is 41.4 Å². The molecule has 134 valence electrons. The molecule has 3 unspecified atom stereocenters. The van der Waals surface area contributed by atoms with Crippen LogP contribution in [0.4, 0.5) is 0 Å². The van der Waals surface area contributed by atoms with Gasteiger partial charge in [0.05, 0.1) is 12.1 Å². The molecule has 0 saturated carbocycles. The van der Waals surface area contributed by atoms with Gasteiger partial charge in [0.1, 0.15) is 0 Å². The van der Waals surface area contributed by atoms with Crippen LogP contribution in [0.2, 0.25) is 0 Å².